The SMILES string of the molecule is CC(C)[C@H](NC(=O)c1ccc2[nH]nc(-c3ccc(N4[C@@H]5CC[C@H]4COC5)cc3)c2c1)c1ccccc1Cl. The molecule has 6 nitrogen and oxygen atoms in total. The Morgan fingerprint density at radius 3 is 2.49 bits per heavy atom. The number of nitrogens with zero attached hydrogens (tertiary/aromatic N) is 2. The van der Waals surface area contributed by atoms with E-state index in [1.54, 1.807) is 0 Å². The van der Waals surface area contributed by atoms with Crippen molar-refractivity contribution in [3.63, 3.8) is 0 Å². The van der Waals surface area contributed by atoms with Gasteiger partial charge in [0.25, 0.3) is 5.91 Å². The quantitative estimate of drug-likeness (QED) is 0.313. The fourth-order valence-electron chi connectivity index (χ4n) is 5.77. The summed E-state index contributed by atoms with van der Waals surface area (Å²) in [6.45, 7) is 5.78. The first kappa shape index (κ1) is 24.0. The van der Waals surface area contributed by atoms with Crippen LogP contribution in [-0.2, 0) is 4.74 Å². The topological polar surface area (TPSA) is 70.2 Å². The minimum atomic E-state index is -0.191. The second-order valence-corrected chi connectivity index (χ2v) is 10.8. The smallest absolute Gasteiger partial charge is 0.251 e. The highest BCUT2D eigenvalue weighted by atomic mass is 35.5. The van der Waals surface area contributed by atoms with Gasteiger partial charge in [0.05, 0.1) is 42.5 Å². The first-order valence-electron chi connectivity index (χ1n) is 13.0. The summed E-state index contributed by atoms with van der Waals surface area (Å²) in [5.74, 6) is 0.0445. The molecule has 2 N–H and O–H groups in total. The van der Waals surface area contributed by atoms with Crippen LogP contribution >= 0.6 is 11.6 Å². The maximum Gasteiger partial charge on any atom is 0.251 e. The Morgan fingerprint density at radius 1 is 1.05 bits per heavy atom. The predicted octanol–water partition coefficient (Wildman–Crippen LogP) is 6.38. The number of fused-ring (bicyclic) bond motifs is 3. The molecule has 37 heavy (non-hydrogen) atoms. The van der Waals surface area contributed by atoms with E-state index in [0.717, 1.165) is 40.9 Å². The minimum Gasteiger partial charge on any atom is -0.377 e. The first-order valence-corrected chi connectivity index (χ1v) is 13.4. The van der Waals surface area contributed by atoms with Gasteiger partial charge in [-0.2, -0.15) is 5.10 Å². The Hall–Kier alpha value is -3.35. The van der Waals surface area contributed by atoms with E-state index >= 15 is 0 Å². The normalized spacial score (nSPS) is 19.9. The molecule has 2 fully saturated rings. The van der Waals surface area contributed by atoms with Gasteiger partial charge in [0, 0.05) is 27.2 Å². The Bertz CT molecular complexity index is 1420. The van der Waals surface area contributed by atoms with Crippen LogP contribution in [-0.4, -0.2) is 41.4 Å². The molecule has 0 saturated carbocycles. The molecule has 1 aromatic heterocycles. The molecule has 0 aliphatic carbocycles. The number of nitrogens with one attached hydrogen (secondary N) is 2. The van der Waals surface area contributed by atoms with Gasteiger partial charge in [0.1, 0.15) is 0 Å². The van der Waals surface area contributed by atoms with E-state index in [4.69, 9.17) is 16.3 Å². The Balaban J connectivity index is 1.26. The Morgan fingerprint density at radius 2 is 1.78 bits per heavy atom. The van der Waals surface area contributed by atoms with Crippen molar-refractivity contribution < 1.29 is 9.53 Å². The summed E-state index contributed by atoms with van der Waals surface area (Å²) in [6, 6.07) is 22.7. The molecular weight excluding hydrogens is 484 g/mol. The fourth-order valence-corrected chi connectivity index (χ4v) is 6.03. The molecule has 3 atom stereocenters. The molecule has 6 rings (SSSR count). The van der Waals surface area contributed by atoms with Crippen LogP contribution < -0.4 is 10.2 Å². The van der Waals surface area contributed by atoms with Crippen LogP contribution in [0.5, 0.6) is 0 Å². The van der Waals surface area contributed by atoms with E-state index in [2.05, 4.69) is 58.5 Å². The summed E-state index contributed by atoms with van der Waals surface area (Å²) in [5.41, 5.74) is 5.50. The average molecular weight is 515 g/mol. The van der Waals surface area contributed by atoms with Crippen molar-refractivity contribution in [3.8, 4) is 11.3 Å². The molecule has 0 radical (unpaired) electrons. The molecule has 2 aliphatic heterocycles. The lowest BCUT2D eigenvalue weighted by molar-refractivity contribution is 0.0906. The number of halogens is 1. The maximum atomic E-state index is 13.3. The zero-order chi connectivity index (χ0) is 25.5. The zero-order valence-corrected chi connectivity index (χ0v) is 21.8. The Kier molecular flexibility index (Phi) is 6.39. The summed E-state index contributed by atoms with van der Waals surface area (Å²) in [4.78, 5) is 15.9. The third-order valence-electron chi connectivity index (χ3n) is 7.70. The van der Waals surface area contributed by atoms with Crippen molar-refractivity contribution in [2.45, 2.75) is 44.8 Å². The molecule has 190 valence electrons. The number of aromatic amines is 1. The maximum absolute atomic E-state index is 13.3. The highest BCUT2D eigenvalue weighted by Gasteiger charge is 2.37. The van der Waals surface area contributed by atoms with Crippen LogP contribution in [0.1, 0.15) is 48.7 Å². The number of amides is 1. The lowest BCUT2D eigenvalue weighted by Gasteiger charge is -2.36. The zero-order valence-electron chi connectivity index (χ0n) is 21.1. The summed E-state index contributed by atoms with van der Waals surface area (Å²) in [6.07, 6.45) is 2.38. The van der Waals surface area contributed by atoms with Gasteiger partial charge in [-0.3, -0.25) is 9.89 Å². The van der Waals surface area contributed by atoms with Crippen molar-refractivity contribution in [3.05, 3.63) is 82.9 Å². The molecule has 2 saturated heterocycles. The summed E-state index contributed by atoms with van der Waals surface area (Å²) < 4.78 is 5.74. The van der Waals surface area contributed by atoms with Gasteiger partial charge in [-0.25, -0.2) is 0 Å². The van der Waals surface area contributed by atoms with Crippen LogP contribution in [0.2, 0.25) is 5.02 Å². The van der Waals surface area contributed by atoms with Crippen molar-refractivity contribution in [2.75, 3.05) is 18.1 Å². The predicted molar refractivity (Wildman–Crippen MR) is 148 cm³/mol. The lowest BCUT2D eigenvalue weighted by Crippen LogP contribution is -2.45. The number of hydrogen-bond donors (Lipinski definition) is 2. The Labute approximate surface area is 222 Å². The molecule has 0 unspecified atom stereocenters. The van der Waals surface area contributed by atoms with Gasteiger partial charge in [-0.05, 0) is 60.7 Å². The van der Waals surface area contributed by atoms with Gasteiger partial charge in [0.15, 0.2) is 0 Å². The van der Waals surface area contributed by atoms with Gasteiger partial charge in [-0.1, -0.05) is 55.8 Å². The highest BCUT2D eigenvalue weighted by molar-refractivity contribution is 6.31. The second kappa shape index (κ2) is 9.84. The molecule has 0 spiro atoms. The second-order valence-electron chi connectivity index (χ2n) is 10.4. The molecule has 7 heteroatoms. The molecule has 1 amide bonds. The van der Waals surface area contributed by atoms with E-state index in [1.807, 2.05) is 42.5 Å². The number of carbonyl (C=O) groups excluding carboxylic acids is 1. The number of morpholine rings is 1. The van der Waals surface area contributed by atoms with Crippen LogP contribution in [0.3, 0.4) is 0 Å². The third-order valence-corrected chi connectivity index (χ3v) is 8.04. The number of aromatic nitrogens is 2. The van der Waals surface area contributed by atoms with Gasteiger partial charge >= 0.3 is 0 Å². The number of rotatable bonds is 6. The molecule has 2 bridgehead atoms. The summed E-state index contributed by atoms with van der Waals surface area (Å²) in [5, 5.41) is 12.5. The van der Waals surface area contributed by atoms with E-state index in [-0.39, 0.29) is 17.9 Å². The fraction of sp³-hybridized carbons (Fsp3) is 0.333. The highest BCUT2D eigenvalue weighted by Crippen LogP contribution is 2.36. The van der Waals surface area contributed by atoms with E-state index < -0.39 is 0 Å². The minimum absolute atomic E-state index is 0.134. The van der Waals surface area contributed by atoms with E-state index in [1.165, 1.54) is 18.5 Å². The number of H-pyrrole nitrogens is 1. The molecular formula is C30H31ClN4O2. The number of benzene rings is 3. The van der Waals surface area contributed by atoms with Crippen molar-refractivity contribution in [1.29, 1.82) is 0 Å². The molecule has 2 aliphatic rings. The summed E-state index contributed by atoms with van der Waals surface area (Å²) >= 11 is 6.45. The van der Waals surface area contributed by atoms with Crippen molar-refractivity contribution >= 4 is 34.1 Å². The van der Waals surface area contributed by atoms with Crippen molar-refractivity contribution in [2.24, 2.45) is 5.92 Å². The first-order chi connectivity index (χ1) is 18.0. The van der Waals surface area contributed by atoms with Crippen LogP contribution in [0, 0.1) is 5.92 Å². The van der Waals surface area contributed by atoms with Gasteiger partial charge in [0.2, 0.25) is 0 Å². The van der Waals surface area contributed by atoms with Gasteiger partial charge in [-0.15, -0.1) is 0 Å². The van der Waals surface area contributed by atoms with E-state index in [0.29, 0.717) is 22.7 Å². The number of hydrogen-bond acceptors (Lipinski definition) is 4. The number of ether oxygens (including phenoxy) is 1. The average Bonchev–Trinajstić information content (AvgIpc) is 3.44. The van der Waals surface area contributed by atoms with Gasteiger partial charge < -0.3 is 15.0 Å². The monoisotopic (exact) mass is 514 g/mol. The third kappa shape index (κ3) is 4.49. The number of carbonyl (C=O) groups is 1. The van der Waals surface area contributed by atoms with Crippen LogP contribution in [0.4, 0.5) is 5.69 Å². The van der Waals surface area contributed by atoms with Crippen LogP contribution in [0.15, 0.2) is 66.7 Å². The lowest BCUT2D eigenvalue weighted by atomic mass is 9.95. The molecule has 3 heterocycles. The van der Waals surface area contributed by atoms with Crippen molar-refractivity contribution in [1.82, 2.24) is 15.5 Å². The summed E-state index contributed by atoms with van der Waals surface area (Å²) in [7, 11) is 0. The van der Waals surface area contributed by atoms with Crippen LogP contribution in [0.25, 0.3) is 22.2 Å². The van der Waals surface area contributed by atoms with E-state index in [9.17, 15) is 4.79 Å². The largest absolute Gasteiger partial charge is 0.377 e. The number of anilines is 1. The molecule has 4 aromatic rings. The standard InChI is InChI=1S/C30H31ClN4O2/c1-18(2)28(24-5-3-4-6-26(24)31)32-30(36)20-9-14-27-25(15-20)29(34-33-27)19-7-10-21(11-8-19)35-22-12-13-23(35)17-37-16-22/h3-11,14-15,18,22-23,28H,12-13,16-17H2,1-2H3,(H,32,36)(H,33,34)/t22-,23+,28-/m0/s1. The molecule has 3 aromatic carbocycles.